The summed E-state index contributed by atoms with van der Waals surface area (Å²) in [4.78, 5) is 22.9. The molecule has 1 saturated carbocycles. The number of rotatable bonds is 12. The van der Waals surface area contributed by atoms with Gasteiger partial charge in [0.2, 0.25) is 5.91 Å². The van der Waals surface area contributed by atoms with Gasteiger partial charge in [0.1, 0.15) is 5.75 Å². The molecular weight excluding hydrogens is 510 g/mol. The number of nitrogens with one attached hydrogen (secondary N) is 1. The van der Waals surface area contributed by atoms with Crippen molar-refractivity contribution in [3.63, 3.8) is 0 Å². The van der Waals surface area contributed by atoms with Gasteiger partial charge in [-0.15, -0.1) is 0 Å². The van der Waals surface area contributed by atoms with Crippen molar-refractivity contribution in [2.75, 3.05) is 13.2 Å². The SMILES string of the molecule is CCC(=O)NCCCOc1cc(C)c(-c2cccc(CCc3ccc4c(c3)CC3(CC3)C4CC(=O)O)c2C)c(C)c1. The quantitative estimate of drug-likeness (QED) is 0.232. The van der Waals surface area contributed by atoms with E-state index in [-0.39, 0.29) is 23.7 Å². The van der Waals surface area contributed by atoms with E-state index in [0.717, 1.165) is 44.3 Å². The van der Waals surface area contributed by atoms with Gasteiger partial charge in [0.05, 0.1) is 13.0 Å². The predicted octanol–water partition coefficient (Wildman–Crippen LogP) is 7.25. The lowest BCUT2D eigenvalue weighted by Crippen LogP contribution is -2.24. The fourth-order valence-electron chi connectivity index (χ4n) is 6.88. The first kappa shape index (κ1) is 28.9. The molecule has 2 aliphatic rings. The monoisotopic (exact) mass is 553 g/mol. The van der Waals surface area contributed by atoms with Crippen LogP contribution in [0.1, 0.15) is 83.9 Å². The Morgan fingerprint density at radius 3 is 2.46 bits per heavy atom. The summed E-state index contributed by atoms with van der Waals surface area (Å²) >= 11 is 0. The summed E-state index contributed by atoms with van der Waals surface area (Å²) in [6.45, 7) is 9.59. The summed E-state index contributed by atoms with van der Waals surface area (Å²) in [5.41, 5.74) is 11.8. The Bertz CT molecular complexity index is 1430. The first-order valence-corrected chi connectivity index (χ1v) is 15.1. The topological polar surface area (TPSA) is 75.6 Å². The van der Waals surface area contributed by atoms with Gasteiger partial charge < -0.3 is 15.2 Å². The van der Waals surface area contributed by atoms with Crippen LogP contribution in [-0.2, 0) is 28.9 Å². The van der Waals surface area contributed by atoms with Crippen LogP contribution in [-0.4, -0.2) is 30.1 Å². The number of carbonyl (C=O) groups is 2. The van der Waals surface area contributed by atoms with Gasteiger partial charge in [0.15, 0.2) is 0 Å². The Morgan fingerprint density at radius 2 is 1.78 bits per heavy atom. The molecule has 1 spiro atoms. The highest BCUT2D eigenvalue weighted by Crippen LogP contribution is 2.64. The van der Waals surface area contributed by atoms with Crippen molar-refractivity contribution in [1.82, 2.24) is 5.32 Å². The third-order valence-electron chi connectivity index (χ3n) is 9.27. The van der Waals surface area contributed by atoms with Crippen LogP contribution >= 0.6 is 0 Å². The standard InChI is InChI=1S/C36H43NO4/c1-5-33(38)37-16-7-17-41-29-18-23(2)35(24(3)19-29)30-9-6-8-27(25(30)4)12-10-26-11-13-31-28(20-26)22-36(14-15-36)32(31)21-34(39)40/h6,8-9,11,13,18-20,32H,5,7,10,12,14-17,21-22H2,1-4H3,(H,37,38)(H,39,40). The first-order chi connectivity index (χ1) is 19.7. The van der Waals surface area contributed by atoms with Crippen LogP contribution < -0.4 is 10.1 Å². The zero-order chi connectivity index (χ0) is 29.1. The number of aryl methyl sites for hydroxylation is 4. The molecular formula is C36H43NO4. The molecule has 3 aromatic carbocycles. The van der Waals surface area contributed by atoms with Gasteiger partial charge >= 0.3 is 5.97 Å². The Balaban J connectivity index is 1.26. The maximum Gasteiger partial charge on any atom is 0.303 e. The molecule has 0 radical (unpaired) electrons. The molecule has 216 valence electrons. The number of hydrogen-bond donors (Lipinski definition) is 2. The van der Waals surface area contributed by atoms with Crippen LogP contribution in [0.4, 0.5) is 0 Å². The van der Waals surface area contributed by atoms with Gasteiger partial charge in [-0.1, -0.05) is 43.3 Å². The molecule has 1 unspecified atom stereocenters. The van der Waals surface area contributed by atoms with Crippen molar-refractivity contribution < 1.29 is 19.4 Å². The average Bonchev–Trinajstić information content (AvgIpc) is 3.65. The van der Waals surface area contributed by atoms with Gasteiger partial charge in [-0.2, -0.15) is 0 Å². The van der Waals surface area contributed by atoms with Gasteiger partial charge in [-0.3, -0.25) is 9.59 Å². The molecule has 41 heavy (non-hydrogen) atoms. The number of carboxylic acid groups (broad SMARTS) is 1. The highest BCUT2D eigenvalue weighted by Gasteiger charge is 2.54. The second kappa shape index (κ2) is 12.1. The lowest BCUT2D eigenvalue weighted by Gasteiger charge is -2.18. The second-order valence-electron chi connectivity index (χ2n) is 12.2. The van der Waals surface area contributed by atoms with Gasteiger partial charge in [0.25, 0.3) is 0 Å². The van der Waals surface area contributed by atoms with Crippen molar-refractivity contribution in [2.24, 2.45) is 5.41 Å². The van der Waals surface area contributed by atoms with Crippen LogP contribution in [0.25, 0.3) is 11.1 Å². The molecule has 0 saturated heterocycles. The number of hydrogen-bond acceptors (Lipinski definition) is 3. The van der Waals surface area contributed by atoms with Crippen molar-refractivity contribution in [3.05, 3.63) is 87.5 Å². The molecule has 0 aromatic heterocycles. The number of fused-ring (bicyclic) bond motifs is 1. The summed E-state index contributed by atoms with van der Waals surface area (Å²) in [6, 6.07) is 17.7. The Kier molecular flexibility index (Phi) is 8.53. The molecule has 5 rings (SSSR count). The van der Waals surface area contributed by atoms with E-state index in [1.165, 1.54) is 50.1 Å². The predicted molar refractivity (Wildman–Crippen MR) is 164 cm³/mol. The summed E-state index contributed by atoms with van der Waals surface area (Å²) < 4.78 is 6.01. The third-order valence-corrected chi connectivity index (χ3v) is 9.27. The molecule has 2 N–H and O–H groups in total. The van der Waals surface area contributed by atoms with Crippen LogP contribution in [0.15, 0.2) is 48.5 Å². The summed E-state index contributed by atoms with van der Waals surface area (Å²) in [5, 5.41) is 12.3. The highest BCUT2D eigenvalue weighted by molar-refractivity contribution is 5.76. The zero-order valence-corrected chi connectivity index (χ0v) is 24.9. The number of aliphatic carboxylic acids is 1. The van der Waals surface area contributed by atoms with E-state index in [1.807, 2.05) is 6.92 Å². The molecule has 0 heterocycles. The molecule has 5 nitrogen and oxygen atoms in total. The number of ether oxygens (including phenoxy) is 1. The molecule has 2 aliphatic carbocycles. The second-order valence-corrected chi connectivity index (χ2v) is 12.2. The van der Waals surface area contributed by atoms with E-state index in [0.29, 0.717) is 19.6 Å². The van der Waals surface area contributed by atoms with Crippen LogP contribution in [0.3, 0.4) is 0 Å². The number of carboxylic acids is 1. The van der Waals surface area contributed by atoms with Gasteiger partial charge in [-0.05, 0) is 127 Å². The van der Waals surface area contributed by atoms with Gasteiger partial charge in [-0.25, -0.2) is 0 Å². The summed E-state index contributed by atoms with van der Waals surface area (Å²) in [5.74, 6) is 0.438. The van der Waals surface area contributed by atoms with E-state index in [9.17, 15) is 14.7 Å². The molecule has 0 aliphatic heterocycles. The first-order valence-electron chi connectivity index (χ1n) is 15.1. The average molecular weight is 554 g/mol. The normalized spacial score (nSPS) is 16.4. The Morgan fingerprint density at radius 1 is 1.02 bits per heavy atom. The van der Waals surface area contributed by atoms with Crippen molar-refractivity contribution >= 4 is 11.9 Å². The number of amides is 1. The number of benzene rings is 3. The zero-order valence-electron chi connectivity index (χ0n) is 24.9. The van der Waals surface area contributed by atoms with E-state index in [2.05, 4.69) is 74.6 Å². The fraction of sp³-hybridized carbons (Fsp3) is 0.444. The Labute approximate surface area is 244 Å². The van der Waals surface area contributed by atoms with Crippen molar-refractivity contribution in [3.8, 4) is 16.9 Å². The maximum absolute atomic E-state index is 11.5. The summed E-state index contributed by atoms with van der Waals surface area (Å²) in [7, 11) is 0. The molecule has 5 heteroatoms. The van der Waals surface area contributed by atoms with Crippen LogP contribution in [0.2, 0.25) is 0 Å². The third kappa shape index (κ3) is 6.34. The minimum absolute atomic E-state index is 0.0727. The van der Waals surface area contributed by atoms with Crippen LogP contribution in [0.5, 0.6) is 5.75 Å². The molecule has 3 aromatic rings. The van der Waals surface area contributed by atoms with E-state index < -0.39 is 5.97 Å². The van der Waals surface area contributed by atoms with Crippen molar-refractivity contribution in [1.29, 1.82) is 0 Å². The maximum atomic E-state index is 11.5. The van der Waals surface area contributed by atoms with Crippen LogP contribution in [0, 0.1) is 26.2 Å². The molecule has 1 atom stereocenters. The minimum Gasteiger partial charge on any atom is -0.494 e. The molecule has 1 fully saturated rings. The van der Waals surface area contributed by atoms with Gasteiger partial charge in [0, 0.05) is 18.9 Å². The van der Waals surface area contributed by atoms with E-state index in [4.69, 9.17) is 4.74 Å². The lowest BCUT2D eigenvalue weighted by molar-refractivity contribution is -0.137. The molecule has 0 bridgehead atoms. The highest BCUT2D eigenvalue weighted by atomic mass is 16.5. The fourth-order valence-corrected chi connectivity index (χ4v) is 6.88. The minimum atomic E-state index is -0.685. The van der Waals surface area contributed by atoms with E-state index >= 15 is 0 Å². The number of carbonyl (C=O) groups excluding carboxylic acids is 1. The van der Waals surface area contributed by atoms with Crippen molar-refractivity contribution in [2.45, 2.75) is 85.0 Å². The summed E-state index contributed by atoms with van der Waals surface area (Å²) in [6.07, 6.45) is 6.83. The Hall–Kier alpha value is -3.60. The smallest absolute Gasteiger partial charge is 0.303 e. The van der Waals surface area contributed by atoms with E-state index in [1.54, 1.807) is 0 Å². The molecule has 1 amide bonds. The largest absolute Gasteiger partial charge is 0.494 e. The lowest BCUT2D eigenvalue weighted by atomic mass is 9.86.